The van der Waals surface area contributed by atoms with Crippen LogP contribution in [0.5, 0.6) is 0 Å². The van der Waals surface area contributed by atoms with E-state index in [1.165, 1.54) is 4.90 Å². The molecule has 1 fully saturated rings. The molecule has 0 aromatic heterocycles. The van der Waals surface area contributed by atoms with Crippen molar-refractivity contribution in [3.63, 3.8) is 0 Å². The van der Waals surface area contributed by atoms with Gasteiger partial charge >= 0.3 is 0 Å². The third kappa shape index (κ3) is 8.73. The predicted octanol–water partition coefficient (Wildman–Crippen LogP) is -1.02. The molecule has 0 aromatic carbocycles. The fourth-order valence-corrected chi connectivity index (χ4v) is 2.12. The van der Waals surface area contributed by atoms with E-state index in [0.717, 1.165) is 39.4 Å². The molecule has 1 heterocycles. The van der Waals surface area contributed by atoms with E-state index in [9.17, 15) is 4.79 Å². The minimum absolute atomic E-state index is 0.0290. The first-order chi connectivity index (χ1) is 11.0. The van der Waals surface area contributed by atoms with Gasteiger partial charge in [-0.25, -0.2) is 4.99 Å². The van der Waals surface area contributed by atoms with Crippen molar-refractivity contribution < 1.29 is 14.3 Å². The number of guanidine groups is 1. The van der Waals surface area contributed by atoms with Crippen molar-refractivity contribution in [3.8, 4) is 0 Å². The highest BCUT2D eigenvalue weighted by Gasteiger charge is 2.11. The molecule has 134 valence electrons. The van der Waals surface area contributed by atoms with E-state index in [1.54, 1.807) is 21.2 Å². The van der Waals surface area contributed by atoms with E-state index in [4.69, 9.17) is 9.47 Å². The van der Waals surface area contributed by atoms with E-state index in [1.807, 2.05) is 6.92 Å². The number of hydrogen-bond acceptors (Lipinski definition) is 5. The number of hydrogen-bond donors (Lipinski definition) is 2. The highest BCUT2D eigenvalue weighted by atomic mass is 16.5. The van der Waals surface area contributed by atoms with E-state index in [0.29, 0.717) is 12.6 Å². The van der Waals surface area contributed by atoms with Gasteiger partial charge < -0.3 is 25.0 Å². The Morgan fingerprint density at radius 3 is 2.70 bits per heavy atom. The quantitative estimate of drug-likeness (QED) is 0.438. The zero-order valence-corrected chi connectivity index (χ0v) is 14.8. The van der Waals surface area contributed by atoms with E-state index in [2.05, 4.69) is 20.5 Å². The molecule has 0 bridgehead atoms. The van der Waals surface area contributed by atoms with Gasteiger partial charge in [0.25, 0.3) is 0 Å². The van der Waals surface area contributed by atoms with Gasteiger partial charge in [0.15, 0.2) is 5.96 Å². The Hall–Kier alpha value is -1.38. The SMILES string of the molecule is COCC(C)NC(=NCC(=O)N(C)C)NCCN1CCOCC1. The van der Waals surface area contributed by atoms with Crippen LogP contribution in [-0.2, 0) is 14.3 Å². The molecule has 1 atom stereocenters. The van der Waals surface area contributed by atoms with Gasteiger partial charge in [-0.1, -0.05) is 0 Å². The first kappa shape index (κ1) is 19.7. The summed E-state index contributed by atoms with van der Waals surface area (Å²) in [6.45, 7) is 7.90. The van der Waals surface area contributed by atoms with Gasteiger partial charge in [0, 0.05) is 53.4 Å². The fraction of sp³-hybridized carbons (Fsp3) is 0.867. The predicted molar refractivity (Wildman–Crippen MR) is 90.7 cm³/mol. The van der Waals surface area contributed by atoms with Crippen molar-refractivity contribution in [2.45, 2.75) is 13.0 Å². The Labute approximate surface area is 139 Å². The third-order valence-corrected chi connectivity index (χ3v) is 3.50. The van der Waals surface area contributed by atoms with E-state index >= 15 is 0 Å². The summed E-state index contributed by atoms with van der Waals surface area (Å²) in [5, 5.41) is 6.53. The minimum atomic E-state index is -0.0290. The summed E-state index contributed by atoms with van der Waals surface area (Å²) in [4.78, 5) is 19.9. The van der Waals surface area contributed by atoms with Crippen molar-refractivity contribution >= 4 is 11.9 Å². The molecule has 1 aliphatic heterocycles. The Balaban J connectivity index is 2.45. The maximum absolute atomic E-state index is 11.7. The second-order valence-electron chi connectivity index (χ2n) is 5.83. The van der Waals surface area contributed by atoms with Gasteiger partial charge in [0.2, 0.25) is 5.91 Å². The summed E-state index contributed by atoms with van der Waals surface area (Å²) >= 11 is 0. The summed E-state index contributed by atoms with van der Waals surface area (Å²) in [6, 6.07) is 0.115. The second-order valence-corrected chi connectivity index (χ2v) is 5.83. The van der Waals surface area contributed by atoms with Gasteiger partial charge in [0.05, 0.1) is 19.8 Å². The number of carbonyl (C=O) groups excluding carboxylic acids is 1. The third-order valence-electron chi connectivity index (χ3n) is 3.50. The van der Waals surface area contributed by atoms with Crippen molar-refractivity contribution in [1.29, 1.82) is 0 Å². The molecule has 1 amide bonds. The van der Waals surface area contributed by atoms with Gasteiger partial charge in [-0.05, 0) is 6.92 Å². The lowest BCUT2D eigenvalue weighted by molar-refractivity contribution is -0.127. The van der Waals surface area contributed by atoms with Gasteiger partial charge in [-0.3, -0.25) is 9.69 Å². The van der Waals surface area contributed by atoms with Crippen LogP contribution in [0.15, 0.2) is 4.99 Å². The molecule has 1 unspecified atom stereocenters. The van der Waals surface area contributed by atoms with Crippen molar-refractivity contribution in [1.82, 2.24) is 20.4 Å². The Morgan fingerprint density at radius 1 is 1.39 bits per heavy atom. The van der Waals surface area contributed by atoms with Crippen molar-refractivity contribution in [2.24, 2.45) is 4.99 Å². The van der Waals surface area contributed by atoms with Crippen LogP contribution in [0.4, 0.5) is 0 Å². The molecule has 0 saturated carbocycles. The maximum atomic E-state index is 11.7. The summed E-state index contributed by atoms with van der Waals surface area (Å²) in [6.07, 6.45) is 0. The Kier molecular flexibility index (Phi) is 9.58. The van der Waals surface area contributed by atoms with Crippen LogP contribution in [0.3, 0.4) is 0 Å². The summed E-state index contributed by atoms with van der Waals surface area (Å²) in [7, 11) is 5.12. The maximum Gasteiger partial charge on any atom is 0.243 e. The average molecular weight is 329 g/mol. The zero-order valence-electron chi connectivity index (χ0n) is 14.8. The number of rotatable bonds is 8. The first-order valence-electron chi connectivity index (χ1n) is 8.07. The monoisotopic (exact) mass is 329 g/mol. The molecule has 1 saturated heterocycles. The van der Waals surface area contributed by atoms with Crippen LogP contribution in [0.2, 0.25) is 0 Å². The van der Waals surface area contributed by atoms with Crippen LogP contribution in [0.25, 0.3) is 0 Å². The lowest BCUT2D eigenvalue weighted by atomic mass is 10.3. The molecule has 2 N–H and O–H groups in total. The molecular formula is C15H31N5O3. The molecule has 23 heavy (non-hydrogen) atoms. The number of morpholine rings is 1. The number of nitrogens with one attached hydrogen (secondary N) is 2. The standard InChI is InChI=1S/C15H31N5O3/c1-13(12-22-4)18-15(17-11-14(21)19(2)3)16-5-6-20-7-9-23-10-8-20/h13H,5-12H2,1-4H3,(H2,16,17,18). The first-order valence-corrected chi connectivity index (χ1v) is 8.07. The van der Waals surface area contributed by atoms with Crippen LogP contribution < -0.4 is 10.6 Å². The second kappa shape index (κ2) is 11.2. The van der Waals surface area contributed by atoms with Crippen LogP contribution in [0.1, 0.15) is 6.92 Å². The Bertz CT molecular complexity index is 370. The smallest absolute Gasteiger partial charge is 0.243 e. The van der Waals surface area contributed by atoms with Crippen LogP contribution >= 0.6 is 0 Å². The molecule has 0 spiro atoms. The molecule has 1 rings (SSSR count). The van der Waals surface area contributed by atoms with E-state index < -0.39 is 0 Å². The number of likely N-dealkylation sites (N-methyl/N-ethyl adjacent to an activating group) is 1. The number of amides is 1. The average Bonchev–Trinajstić information content (AvgIpc) is 2.53. The summed E-state index contributed by atoms with van der Waals surface area (Å²) < 4.78 is 10.5. The fourth-order valence-electron chi connectivity index (χ4n) is 2.12. The summed E-state index contributed by atoms with van der Waals surface area (Å²) in [5.74, 6) is 0.608. The molecule has 8 heteroatoms. The normalized spacial score (nSPS) is 17.7. The molecule has 8 nitrogen and oxygen atoms in total. The number of aliphatic imine (C=N–C) groups is 1. The van der Waals surface area contributed by atoms with Crippen molar-refractivity contribution in [3.05, 3.63) is 0 Å². The van der Waals surface area contributed by atoms with Crippen LogP contribution in [-0.4, -0.2) is 101 Å². The lowest BCUT2D eigenvalue weighted by Crippen LogP contribution is -2.47. The molecule has 0 radical (unpaired) electrons. The number of nitrogens with zero attached hydrogens (tertiary/aromatic N) is 3. The van der Waals surface area contributed by atoms with Crippen LogP contribution in [0, 0.1) is 0 Å². The highest BCUT2D eigenvalue weighted by Crippen LogP contribution is 1.95. The topological polar surface area (TPSA) is 78.4 Å². The molecule has 0 aliphatic carbocycles. The van der Waals surface area contributed by atoms with Gasteiger partial charge in [-0.2, -0.15) is 0 Å². The molecular weight excluding hydrogens is 298 g/mol. The largest absolute Gasteiger partial charge is 0.383 e. The molecule has 0 aromatic rings. The molecule has 1 aliphatic rings. The summed E-state index contributed by atoms with van der Waals surface area (Å²) in [5.41, 5.74) is 0. The minimum Gasteiger partial charge on any atom is -0.383 e. The lowest BCUT2D eigenvalue weighted by Gasteiger charge is -2.27. The van der Waals surface area contributed by atoms with E-state index in [-0.39, 0.29) is 18.5 Å². The zero-order chi connectivity index (χ0) is 17.1. The van der Waals surface area contributed by atoms with Crippen molar-refractivity contribution in [2.75, 3.05) is 73.7 Å². The number of ether oxygens (including phenoxy) is 2. The number of methoxy groups -OCH3 is 1. The number of carbonyl (C=O) groups is 1. The Morgan fingerprint density at radius 2 is 2.09 bits per heavy atom. The van der Waals surface area contributed by atoms with Gasteiger partial charge in [-0.15, -0.1) is 0 Å². The van der Waals surface area contributed by atoms with Gasteiger partial charge in [0.1, 0.15) is 6.54 Å². The highest BCUT2D eigenvalue weighted by molar-refractivity contribution is 5.84.